The summed E-state index contributed by atoms with van der Waals surface area (Å²) in [5, 5.41) is 3.48. The Balaban J connectivity index is 2.41. The van der Waals surface area contributed by atoms with E-state index in [9.17, 15) is 0 Å². The maximum Gasteiger partial charge on any atom is 0.124 e. The van der Waals surface area contributed by atoms with Crippen molar-refractivity contribution in [2.24, 2.45) is 0 Å². The maximum atomic E-state index is 5.46. The summed E-state index contributed by atoms with van der Waals surface area (Å²) in [6, 6.07) is 5.73. The van der Waals surface area contributed by atoms with Crippen molar-refractivity contribution in [1.82, 2.24) is 14.1 Å². The number of nitrogens with one attached hydrogen (secondary N) is 1. The second-order valence-electron chi connectivity index (χ2n) is 4.33. The predicted molar refractivity (Wildman–Crippen MR) is 79.6 cm³/mol. The SMILES string of the molecule is CCCNC(c1cnsn1)c1cc(OC)ccc1OC. The standard InChI is InChI=1S/C14H19N3O2S/c1-4-7-15-14(12-9-16-20-17-12)11-8-10(18-2)5-6-13(11)19-3/h5-6,8-9,14-15H,4,7H2,1-3H3. The van der Waals surface area contributed by atoms with Gasteiger partial charge in [0, 0.05) is 5.56 Å². The van der Waals surface area contributed by atoms with E-state index in [2.05, 4.69) is 21.0 Å². The van der Waals surface area contributed by atoms with Gasteiger partial charge in [-0.25, -0.2) is 0 Å². The molecule has 0 aliphatic rings. The van der Waals surface area contributed by atoms with E-state index in [0.29, 0.717) is 0 Å². The van der Waals surface area contributed by atoms with E-state index in [1.165, 1.54) is 11.7 Å². The fraction of sp³-hybridized carbons (Fsp3) is 0.429. The number of nitrogens with zero attached hydrogens (tertiary/aromatic N) is 2. The molecule has 0 fully saturated rings. The predicted octanol–water partition coefficient (Wildman–Crippen LogP) is 2.64. The van der Waals surface area contributed by atoms with Crippen LogP contribution in [0.2, 0.25) is 0 Å². The van der Waals surface area contributed by atoms with Gasteiger partial charge in [0.15, 0.2) is 0 Å². The summed E-state index contributed by atoms with van der Waals surface area (Å²) in [7, 11) is 3.33. The molecule has 0 saturated carbocycles. The van der Waals surface area contributed by atoms with Gasteiger partial charge < -0.3 is 14.8 Å². The first-order valence-corrected chi connectivity index (χ1v) is 7.26. The average Bonchev–Trinajstić information content (AvgIpc) is 3.01. The Morgan fingerprint density at radius 1 is 1.30 bits per heavy atom. The Hall–Kier alpha value is -1.66. The minimum atomic E-state index is -0.0428. The number of benzene rings is 1. The fourth-order valence-electron chi connectivity index (χ4n) is 2.03. The molecule has 20 heavy (non-hydrogen) atoms. The zero-order valence-corrected chi connectivity index (χ0v) is 12.7. The monoisotopic (exact) mass is 293 g/mol. The van der Waals surface area contributed by atoms with Crippen LogP contribution in [-0.2, 0) is 0 Å². The van der Waals surface area contributed by atoms with E-state index >= 15 is 0 Å². The Bertz CT molecular complexity index is 531. The van der Waals surface area contributed by atoms with Crippen LogP contribution in [0.25, 0.3) is 0 Å². The van der Waals surface area contributed by atoms with Crippen molar-refractivity contribution in [2.45, 2.75) is 19.4 Å². The van der Waals surface area contributed by atoms with Crippen LogP contribution in [0.1, 0.15) is 30.6 Å². The van der Waals surface area contributed by atoms with Crippen molar-refractivity contribution in [3.8, 4) is 11.5 Å². The zero-order valence-electron chi connectivity index (χ0n) is 11.9. The molecule has 0 spiro atoms. The van der Waals surface area contributed by atoms with Crippen LogP contribution < -0.4 is 14.8 Å². The van der Waals surface area contributed by atoms with Gasteiger partial charge in [-0.1, -0.05) is 6.92 Å². The van der Waals surface area contributed by atoms with Crippen LogP contribution in [0.15, 0.2) is 24.4 Å². The third kappa shape index (κ3) is 3.26. The summed E-state index contributed by atoms with van der Waals surface area (Å²) in [4.78, 5) is 0. The van der Waals surface area contributed by atoms with Crippen LogP contribution in [0.5, 0.6) is 11.5 Å². The van der Waals surface area contributed by atoms with Crippen LogP contribution in [0, 0.1) is 0 Å². The molecule has 0 radical (unpaired) electrons. The molecule has 0 amide bonds. The third-order valence-electron chi connectivity index (χ3n) is 3.02. The first kappa shape index (κ1) is 14.7. The smallest absolute Gasteiger partial charge is 0.124 e. The number of hydrogen-bond acceptors (Lipinski definition) is 6. The van der Waals surface area contributed by atoms with E-state index in [4.69, 9.17) is 9.47 Å². The van der Waals surface area contributed by atoms with Crippen molar-refractivity contribution in [3.05, 3.63) is 35.7 Å². The molecule has 5 nitrogen and oxygen atoms in total. The molecule has 1 aromatic carbocycles. The van der Waals surface area contributed by atoms with Gasteiger partial charge in [0.25, 0.3) is 0 Å². The van der Waals surface area contributed by atoms with E-state index in [-0.39, 0.29) is 6.04 Å². The molecule has 1 N–H and O–H groups in total. The third-order valence-corrected chi connectivity index (χ3v) is 3.51. The van der Waals surface area contributed by atoms with Gasteiger partial charge in [-0.2, -0.15) is 8.75 Å². The molecule has 2 aromatic rings. The van der Waals surface area contributed by atoms with Gasteiger partial charge in [0.2, 0.25) is 0 Å². The second-order valence-corrected chi connectivity index (χ2v) is 4.88. The molecule has 1 unspecified atom stereocenters. The maximum absolute atomic E-state index is 5.46. The van der Waals surface area contributed by atoms with Crippen LogP contribution in [0.4, 0.5) is 0 Å². The highest BCUT2D eigenvalue weighted by Crippen LogP contribution is 2.32. The first-order chi connectivity index (χ1) is 9.80. The molecule has 0 aliphatic carbocycles. The van der Waals surface area contributed by atoms with Gasteiger partial charge in [0.05, 0.1) is 43.9 Å². The summed E-state index contributed by atoms with van der Waals surface area (Å²) >= 11 is 1.21. The van der Waals surface area contributed by atoms with Gasteiger partial charge in [-0.05, 0) is 31.2 Å². The van der Waals surface area contributed by atoms with Crippen LogP contribution in [0.3, 0.4) is 0 Å². The topological polar surface area (TPSA) is 56.3 Å². The molecular weight excluding hydrogens is 274 g/mol. The molecule has 0 saturated heterocycles. The van der Waals surface area contributed by atoms with E-state index in [1.54, 1.807) is 20.4 Å². The van der Waals surface area contributed by atoms with E-state index in [0.717, 1.165) is 35.7 Å². The molecule has 1 aromatic heterocycles. The summed E-state index contributed by atoms with van der Waals surface area (Å²) < 4.78 is 19.2. The molecular formula is C14H19N3O2S. The van der Waals surface area contributed by atoms with E-state index < -0.39 is 0 Å². The van der Waals surface area contributed by atoms with Gasteiger partial charge in [-0.15, -0.1) is 0 Å². The molecule has 1 atom stereocenters. The lowest BCUT2D eigenvalue weighted by atomic mass is 10.0. The molecule has 2 rings (SSSR count). The first-order valence-electron chi connectivity index (χ1n) is 6.53. The van der Waals surface area contributed by atoms with Crippen molar-refractivity contribution < 1.29 is 9.47 Å². The van der Waals surface area contributed by atoms with Crippen molar-refractivity contribution >= 4 is 11.7 Å². The molecule has 0 aliphatic heterocycles. The highest BCUT2D eigenvalue weighted by molar-refractivity contribution is 6.99. The van der Waals surface area contributed by atoms with Crippen molar-refractivity contribution in [2.75, 3.05) is 20.8 Å². The molecule has 1 heterocycles. The lowest BCUT2D eigenvalue weighted by molar-refractivity contribution is 0.393. The highest BCUT2D eigenvalue weighted by Gasteiger charge is 2.20. The lowest BCUT2D eigenvalue weighted by Crippen LogP contribution is -2.24. The minimum Gasteiger partial charge on any atom is -0.497 e. The summed E-state index contributed by atoms with van der Waals surface area (Å²) in [5.74, 6) is 1.61. The van der Waals surface area contributed by atoms with Gasteiger partial charge in [0.1, 0.15) is 11.5 Å². The lowest BCUT2D eigenvalue weighted by Gasteiger charge is -2.20. The molecule has 0 bridgehead atoms. The number of aromatic nitrogens is 2. The largest absolute Gasteiger partial charge is 0.497 e. The Kier molecular flexibility index (Phi) is 5.31. The summed E-state index contributed by atoms with van der Waals surface area (Å²) in [6.07, 6.45) is 2.83. The van der Waals surface area contributed by atoms with Crippen LogP contribution >= 0.6 is 11.7 Å². The number of hydrogen-bond donors (Lipinski definition) is 1. The average molecular weight is 293 g/mol. The summed E-state index contributed by atoms with van der Waals surface area (Å²) in [6.45, 7) is 3.02. The van der Waals surface area contributed by atoms with E-state index in [1.807, 2.05) is 18.2 Å². The fourth-order valence-corrected chi connectivity index (χ4v) is 2.48. The minimum absolute atomic E-state index is 0.0428. The van der Waals surface area contributed by atoms with Crippen LogP contribution in [-0.4, -0.2) is 29.5 Å². The Morgan fingerprint density at radius 3 is 2.75 bits per heavy atom. The molecule has 108 valence electrons. The number of rotatable bonds is 7. The van der Waals surface area contributed by atoms with Crippen molar-refractivity contribution in [3.63, 3.8) is 0 Å². The molecule has 6 heteroatoms. The Morgan fingerprint density at radius 2 is 2.15 bits per heavy atom. The zero-order chi connectivity index (χ0) is 14.4. The van der Waals surface area contributed by atoms with Gasteiger partial charge >= 0.3 is 0 Å². The highest BCUT2D eigenvalue weighted by atomic mass is 32.1. The summed E-state index contributed by atoms with van der Waals surface area (Å²) in [5.41, 5.74) is 1.91. The number of methoxy groups -OCH3 is 2. The normalized spacial score (nSPS) is 12.2. The number of ether oxygens (including phenoxy) is 2. The second kappa shape index (κ2) is 7.21. The van der Waals surface area contributed by atoms with Gasteiger partial charge in [-0.3, -0.25) is 0 Å². The van der Waals surface area contributed by atoms with Crippen molar-refractivity contribution in [1.29, 1.82) is 0 Å². The Labute approximate surface area is 123 Å². The quantitative estimate of drug-likeness (QED) is 0.850.